The molecule has 0 radical (unpaired) electrons. The molecule has 0 aliphatic heterocycles. The maximum absolute atomic E-state index is 11.1. The van der Waals surface area contributed by atoms with Crippen molar-refractivity contribution in [1.29, 1.82) is 0 Å². The van der Waals surface area contributed by atoms with Crippen LogP contribution in [0.4, 0.5) is 0 Å². The van der Waals surface area contributed by atoms with E-state index in [0.717, 1.165) is 5.56 Å². The first-order valence-electron chi connectivity index (χ1n) is 9.18. The van der Waals surface area contributed by atoms with Gasteiger partial charge in [0, 0.05) is 30.9 Å². The number of ketones is 1. The van der Waals surface area contributed by atoms with Crippen LogP contribution >= 0.6 is 11.6 Å². The van der Waals surface area contributed by atoms with Crippen molar-refractivity contribution in [1.82, 2.24) is 9.97 Å². The molecular formula is C23H21ClN2O3. The molecule has 2 aromatic heterocycles. The zero-order valence-corrected chi connectivity index (χ0v) is 17.0. The Balaban J connectivity index is 1.62. The molecule has 0 saturated heterocycles. The van der Waals surface area contributed by atoms with Gasteiger partial charge in [0.2, 0.25) is 5.88 Å². The van der Waals surface area contributed by atoms with E-state index in [1.54, 1.807) is 55.8 Å². The van der Waals surface area contributed by atoms with Gasteiger partial charge in [-0.2, -0.15) is 0 Å². The van der Waals surface area contributed by atoms with Crippen molar-refractivity contribution < 1.29 is 14.3 Å². The van der Waals surface area contributed by atoms with Crippen LogP contribution in [0.2, 0.25) is 5.02 Å². The maximum atomic E-state index is 11.1. The van der Waals surface area contributed by atoms with E-state index in [0.29, 0.717) is 34.6 Å². The predicted molar refractivity (Wildman–Crippen MR) is 114 cm³/mol. The molecule has 2 heterocycles. The summed E-state index contributed by atoms with van der Waals surface area (Å²) in [6, 6.07) is 12.4. The number of hydrogen-bond donors (Lipinski definition) is 0. The summed E-state index contributed by atoms with van der Waals surface area (Å²) in [6.07, 6.45) is 9.49. The highest BCUT2D eigenvalue weighted by Gasteiger charge is 2.07. The Morgan fingerprint density at radius 2 is 2.00 bits per heavy atom. The van der Waals surface area contributed by atoms with Gasteiger partial charge in [-0.3, -0.25) is 4.98 Å². The molecule has 6 heteroatoms. The van der Waals surface area contributed by atoms with Crippen LogP contribution in [0.3, 0.4) is 0 Å². The van der Waals surface area contributed by atoms with E-state index in [-0.39, 0.29) is 11.7 Å². The summed E-state index contributed by atoms with van der Waals surface area (Å²) in [5.41, 5.74) is 0.930. The molecule has 0 aliphatic rings. The van der Waals surface area contributed by atoms with Crippen LogP contribution in [0.5, 0.6) is 23.1 Å². The molecule has 0 saturated carbocycles. The molecule has 29 heavy (non-hydrogen) atoms. The molecule has 0 fully saturated rings. The standard InChI is InChI=1S/C23H21ClN2O3/c1-16(12-17(2)27)5-6-18-7-10-23(26-14-18)29-22-9-8-19(13-21(22)24)28-20-4-3-11-25-15-20/h3-11,13-16H,12H2,1-2H3/b6-5+/t16-/m0/s1. The van der Waals surface area contributed by atoms with E-state index in [2.05, 4.69) is 9.97 Å². The number of ether oxygens (including phenoxy) is 2. The minimum Gasteiger partial charge on any atom is -0.456 e. The van der Waals surface area contributed by atoms with E-state index in [4.69, 9.17) is 21.1 Å². The molecule has 148 valence electrons. The molecule has 0 bridgehead atoms. The van der Waals surface area contributed by atoms with Crippen LogP contribution < -0.4 is 9.47 Å². The quantitative estimate of drug-likeness (QED) is 0.435. The highest BCUT2D eigenvalue weighted by molar-refractivity contribution is 6.32. The topological polar surface area (TPSA) is 61.3 Å². The van der Waals surface area contributed by atoms with Crippen molar-refractivity contribution >= 4 is 23.5 Å². The number of benzene rings is 1. The average Bonchev–Trinajstić information content (AvgIpc) is 2.70. The third-order valence-electron chi connectivity index (χ3n) is 3.97. The number of hydrogen-bond acceptors (Lipinski definition) is 5. The summed E-state index contributed by atoms with van der Waals surface area (Å²) >= 11 is 6.32. The van der Waals surface area contributed by atoms with Gasteiger partial charge in [-0.05, 0) is 48.7 Å². The Kier molecular flexibility index (Phi) is 6.98. The largest absolute Gasteiger partial charge is 0.456 e. The average molecular weight is 409 g/mol. The fourth-order valence-electron chi connectivity index (χ4n) is 2.63. The number of halogens is 1. The lowest BCUT2D eigenvalue weighted by Crippen LogP contribution is -1.97. The summed E-state index contributed by atoms with van der Waals surface area (Å²) in [5, 5.41) is 0.412. The van der Waals surface area contributed by atoms with Crippen molar-refractivity contribution in [3.63, 3.8) is 0 Å². The first kappa shape index (κ1) is 20.6. The van der Waals surface area contributed by atoms with E-state index < -0.39 is 0 Å². The van der Waals surface area contributed by atoms with Crippen LogP contribution in [0.25, 0.3) is 6.08 Å². The molecular weight excluding hydrogens is 388 g/mol. The zero-order chi connectivity index (χ0) is 20.6. The maximum Gasteiger partial charge on any atom is 0.219 e. The summed E-state index contributed by atoms with van der Waals surface area (Å²) < 4.78 is 11.5. The van der Waals surface area contributed by atoms with Crippen molar-refractivity contribution in [2.24, 2.45) is 5.92 Å². The molecule has 0 aliphatic carbocycles. The second-order valence-corrected chi connectivity index (χ2v) is 7.06. The van der Waals surface area contributed by atoms with Gasteiger partial charge in [-0.1, -0.05) is 30.7 Å². The van der Waals surface area contributed by atoms with Gasteiger partial charge in [0.1, 0.15) is 23.0 Å². The molecule has 0 unspecified atom stereocenters. The van der Waals surface area contributed by atoms with Crippen molar-refractivity contribution in [2.45, 2.75) is 20.3 Å². The third kappa shape index (κ3) is 6.43. The fourth-order valence-corrected chi connectivity index (χ4v) is 2.84. The number of carbonyl (C=O) groups is 1. The summed E-state index contributed by atoms with van der Waals surface area (Å²) in [6.45, 7) is 3.60. The lowest BCUT2D eigenvalue weighted by atomic mass is 10.0. The van der Waals surface area contributed by atoms with Crippen LogP contribution in [-0.4, -0.2) is 15.8 Å². The molecule has 0 amide bonds. The first-order chi connectivity index (χ1) is 14.0. The van der Waals surface area contributed by atoms with Gasteiger partial charge in [-0.15, -0.1) is 0 Å². The van der Waals surface area contributed by atoms with E-state index in [1.165, 1.54) is 0 Å². The second kappa shape index (κ2) is 9.85. The predicted octanol–water partition coefficient (Wildman–Crippen LogP) is 6.34. The van der Waals surface area contributed by atoms with Crippen molar-refractivity contribution in [3.05, 3.63) is 77.7 Å². The van der Waals surface area contributed by atoms with E-state index >= 15 is 0 Å². The normalized spacial score (nSPS) is 12.0. The Morgan fingerprint density at radius 1 is 1.14 bits per heavy atom. The lowest BCUT2D eigenvalue weighted by molar-refractivity contribution is -0.117. The third-order valence-corrected chi connectivity index (χ3v) is 4.27. The van der Waals surface area contributed by atoms with Gasteiger partial charge >= 0.3 is 0 Å². The molecule has 0 N–H and O–H groups in total. The Bertz CT molecular complexity index is 989. The second-order valence-electron chi connectivity index (χ2n) is 6.66. The van der Waals surface area contributed by atoms with E-state index in [9.17, 15) is 4.79 Å². The number of pyridine rings is 2. The molecule has 3 aromatic rings. The van der Waals surface area contributed by atoms with Crippen LogP contribution in [0.1, 0.15) is 25.8 Å². The Morgan fingerprint density at radius 3 is 2.66 bits per heavy atom. The molecule has 0 spiro atoms. The highest BCUT2D eigenvalue weighted by atomic mass is 35.5. The zero-order valence-electron chi connectivity index (χ0n) is 16.2. The van der Waals surface area contributed by atoms with Crippen LogP contribution in [0, 0.1) is 5.92 Å². The van der Waals surface area contributed by atoms with Gasteiger partial charge in [0.15, 0.2) is 0 Å². The summed E-state index contributed by atoms with van der Waals surface area (Å²) in [7, 11) is 0. The van der Waals surface area contributed by atoms with Crippen molar-refractivity contribution in [2.75, 3.05) is 0 Å². The van der Waals surface area contributed by atoms with Gasteiger partial charge < -0.3 is 14.3 Å². The molecule has 1 aromatic carbocycles. The molecule has 3 rings (SSSR count). The Hall–Kier alpha value is -3.18. The number of allylic oxidation sites excluding steroid dienone is 1. The SMILES string of the molecule is CC(=O)C[C@@H](C)/C=C/c1ccc(Oc2ccc(Oc3cccnc3)cc2Cl)nc1. The van der Waals surface area contributed by atoms with Gasteiger partial charge in [0.25, 0.3) is 0 Å². The monoisotopic (exact) mass is 408 g/mol. The van der Waals surface area contributed by atoms with Gasteiger partial charge in [0.05, 0.1) is 11.2 Å². The van der Waals surface area contributed by atoms with Gasteiger partial charge in [-0.25, -0.2) is 4.98 Å². The molecule has 1 atom stereocenters. The lowest BCUT2D eigenvalue weighted by Gasteiger charge is -2.09. The van der Waals surface area contributed by atoms with Crippen molar-refractivity contribution in [3.8, 4) is 23.1 Å². The highest BCUT2D eigenvalue weighted by Crippen LogP contribution is 2.33. The number of carbonyl (C=O) groups excluding carboxylic acids is 1. The number of rotatable bonds is 8. The van der Waals surface area contributed by atoms with Crippen LogP contribution in [0.15, 0.2) is 67.1 Å². The number of Topliss-reactive ketones (excluding diaryl/α,β-unsaturated/α-hetero) is 1. The minimum absolute atomic E-state index is 0.178. The number of nitrogens with zero attached hydrogens (tertiary/aromatic N) is 2. The fraction of sp³-hybridized carbons (Fsp3) is 0.174. The van der Waals surface area contributed by atoms with E-state index in [1.807, 2.05) is 31.2 Å². The summed E-state index contributed by atoms with van der Waals surface area (Å²) in [5.74, 6) is 2.49. The number of aromatic nitrogens is 2. The van der Waals surface area contributed by atoms with Crippen LogP contribution in [-0.2, 0) is 4.79 Å². The smallest absolute Gasteiger partial charge is 0.219 e. The summed E-state index contributed by atoms with van der Waals surface area (Å²) in [4.78, 5) is 19.5. The minimum atomic E-state index is 0.178. The molecule has 5 nitrogen and oxygen atoms in total. The first-order valence-corrected chi connectivity index (χ1v) is 9.56. The Labute approximate surface area is 175 Å².